The predicted octanol–water partition coefficient (Wildman–Crippen LogP) is 2.98. The number of nitrogens with two attached hydrogens (primary N) is 1. The third-order valence-corrected chi connectivity index (χ3v) is 5.18. The Morgan fingerprint density at radius 3 is 2.76 bits per heavy atom. The fraction of sp³-hybridized carbons (Fsp3) is 0.529. The van der Waals surface area contributed by atoms with Crippen LogP contribution in [-0.4, -0.2) is 22.2 Å². The van der Waals surface area contributed by atoms with Gasteiger partial charge in [-0.05, 0) is 55.7 Å². The smallest absolute Gasteiger partial charge is 0.0890 e. The molecule has 2 aromatic rings. The van der Waals surface area contributed by atoms with E-state index in [-0.39, 0.29) is 11.6 Å². The Morgan fingerprint density at radius 2 is 2.00 bits per heavy atom. The maximum Gasteiger partial charge on any atom is 0.0890 e. The summed E-state index contributed by atoms with van der Waals surface area (Å²) in [6, 6.07) is 6.29. The molecule has 1 aromatic carbocycles. The number of hydrogen-bond acceptors (Lipinski definition) is 4. The van der Waals surface area contributed by atoms with Crippen molar-refractivity contribution in [3.8, 4) is 0 Å². The van der Waals surface area contributed by atoms with Gasteiger partial charge in [0, 0.05) is 25.0 Å². The van der Waals surface area contributed by atoms with Crippen LogP contribution in [0.15, 0.2) is 30.6 Å². The van der Waals surface area contributed by atoms with Crippen molar-refractivity contribution in [3.05, 3.63) is 36.2 Å². The molecule has 2 aliphatic rings. The van der Waals surface area contributed by atoms with Gasteiger partial charge < -0.3 is 10.5 Å². The molecule has 4 rings (SSSR count). The summed E-state index contributed by atoms with van der Waals surface area (Å²) in [5.74, 6) is 0.508. The second-order valence-electron chi connectivity index (χ2n) is 6.47. The molecule has 2 N–H and O–H groups in total. The first-order chi connectivity index (χ1) is 10.3. The second kappa shape index (κ2) is 5.04. The van der Waals surface area contributed by atoms with Crippen LogP contribution in [-0.2, 0) is 4.74 Å². The number of fused-ring (bicyclic) bond motifs is 1. The zero-order valence-corrected chi connectivity index (χ0v) is 12.2. The summed E-state index contributed by atoms with van der Waals surface area (Å²) in [5, 5.41) is 0. The van der Waals surface area contributed by atoms with E-state index in [0.717, 1.165) is 30.5 Å². The predicted molar refractivity (Wildman–Crippen MR) is 81.7 cm³/mol. The van der Waals surface area contributed by atoms with Crippen LogP contribution in [0.3, 0.4) is 0 Å². The zero-order valence-electron chi connectivity index (χ0n) is 12.2. The number of benzene rings is 1. The van der Waals surface area contributed by atoms with E-state index in [1.54, 1.807) is 12.4 Å². The van der Waals surface area contributed by atoms with Crippen LogP contribution < -0.4 is 5.73 Å². The molecule has 0 amide bonds. The van der Waals surface area contributed by atoms with Crippen LogP contribution in [0.25, 0.3) is 11.0 Å². The molecule has 1 aliphatic carbocycles. The van der Waals surface area contributed by atoms with E-state index < -0.39 is 0 Å². The van der Waals surface area contributed by atoms with Crippen molar-refractivity contribution in [1.29, 1.82) is 0 Å². The monoisotopic (exact) mass is 283 g/mol. The minimum Gasteiger partial charge on any atom is -0.375 e. The van der Waals surface area contributed by atoms with Gasteiger partial charge in [-0.2, -0.15) is 0 Å². The Hall–Kier alpha value is -1.52. The lowest BCUT2D eigenvalue weighted by atomic mass is 9.70. The van der Waals surface area contributed by atoms with E-state index in [1.165, 1.54) is 24.8 Å². The average Bonchev–Trinajstić information content (AvgIpc) is 2.52. The number of hydrogen-bond donors (Lipinski definition) is 1. The topological polar surface area (TPSA) is 61.0 Å². The van der Waals surface area contributed by atoms with E-state index in [2.05, 4.69) is 22.1 Å². The third-order valence-electron chi connectivity index (χ3n) is 5.18. The van der Waals surface area contributed by atoms with Gasteiger partial charge in [-0.1, -0.05) is 6.07 Å². The van der Waals surface area contributed by atoms with E-state index in [1.807, 2.05) is 6.07 Å². The Bertz CT molecular complexity index is 653. The molecule has 0 radical (unpaired) electrons. The SMILES string of the molecule is NC(c1ccc2nccnc2c1)C1CCOC2(CCC2)C1. The molecule has 1 saturated heterocycles. The molecule has 2 fully saturated rings. The number of nitrogens with zero attached hydrogens (tertiary/aromatic N) is 2. The molecule has 4 nitrogen and oxygen atoms in total. The van der Waals surface area contributed by atoms with Crippen LogP contribution in [0.5, 0.6) is 0 Å². The highest BCUT2D eigenvalue weighted by Crippen LogP contribution is 2.46. The van der Waals surface area contributed by atoms with Crippen molar-refractivity contribution in [2.75, 3.05) is 6.61 Å². The van der Waals surface area contributed by atoms with E-state index >= 15 is 0 Å². The van der Waals surface area contributed by atoms with Gasteiger partial charge >= 0.3 is 0 Å². The first kappa shape index (κ1) is 13.2. The Labute approximate surface area is 124 Å². The molecule has 2 atom stereocenters. The fourth-order valence-electron chi connectivity index (χ4n) is 3.75. The van der Waals surface area contributed by atoms with Crippen molar-refractivity contribution in [1.82, 2.24) is 9.97 Å². The molecule has 4 heteroatoms. The van der Waals surface area contributed by atoms with Crippen LogP contribution >= 0.6 is 0 Å². The van der Waals surface area contributed by atoms with Crippen molar-refractivity contribution in [3.63, 3.8) is 0 Å². The first-order valence-corrected chi connectivity index (χ1v) is 7.86. The van der Waals surface area contributed by atoms with Gasteiger partial charge in [-0.3, -0.25) is 9.97 Å². The molecule has 21 heavy (non-hydrogen) atoms. The maximum atomic E-state index is 6.56. The number of aromatic nitrogens is 2. The summed E-state index contributed by atoms with van der Waals surface area (Å²) in [6.45, 7) is 0.853. The molecule has 2 unspecified atom stereocenters. The molecule has 1 spiro atoms. The standard InChI is InChI=1S/C17H21N3O/c18-16(13-4-9-21-17(11-13)5-1-6-17)12-2-3-14-15(10-12)20-8-7-19-14/h2-3,7-8,10,13,16H,1,4-6,9,11,18H2. The van der Waals surface area contributed by atoms with E-state index in [9.17, 15) is 0 Å². The van der Waals surface area contributed by atoms with Gasteiger partial charge in [0.25, 0.3) is 0 Å². The van der Waals surface area contributed by atoms with Crippen molar-refractivity contribution in [2.24, 2.45) is 11.7 Å². The maximum absolute atomic E-state index is 6.56. The molecule has 110 valence electrons. The van der Waals surface area contributed by atoms with E-state index in [0.29, 0.717) is 5.92 Å². The second-order valence-corrected chi connectivity index (χ2v) is 6.47. The minimum absolute atomic E-state index is 0.0674. The zero-order chi connectivity index (χ0) is 14.3. The van der Waals surface area contributed by atoms with Gasteiger partial charge in [-0.25, -0.2) is 0 Å². The summed E-state index contributed by atoms with van der Waals surface area (Å²) in [5.41, 5.74) is 9.73. The van der Waals surface area contributed by atoms with Gasteiger partial charge in [0.15, 0.2) is 0 Å². The molecular formula is C17H21N3O. The van der Waals surface area contributed by atoms with Crippen molar-refractivity contribution >= 4 is 11.0 Å². The normalized spacial score (nSPS) is 25.7. The van der Waals surface area contributed by atoms with Crippen molar-refractivity contribution < 1.29 is 4.74 Å². The minimum atomic E-state index is 0.0674. The Morgan fingerprint density at radius 1 is 1.19 bits per heavy atom. The fourth-order valence-corrected chi connectivity index (χ4v) is 3.75. The molecule has 1 aromatic heterocycles. The van der Waals surface area contributed by atoms with Crippen molar-refractivity contribution in [2.45, 2.75) is 43.7 Å². The highest BCUT2D eigenvalue weighted by molar-refractivity contribution is 5.74. The van der Waals surface area contributed by atoms with Gasteiger partial charge in [0.2, 0.25) is 0 Å². The summed E-state index contributed by atoms with van der Waals surface area (Å²) < 4.78 is 6.01. The van der Waals surface area contributed by atoms with Crippen LogP contribution in [0.1, 0.15) is 43.7 Å². The quantitative estimate of drug-likeness (QED) is 0.920. The average molecular weight is 283 g/mol. The summed E-state index contributed by atoms with van der Waals surface area (Å²) in [7, 11) is 0. The Balaban J connectivity index is 1.58. The third kappa shape index (κ3) is 2.32. The van der Waals surface area contributed by atoms with Gasteiger partial charge in [0.05, 0.1) is 16.6 Å². The number of ether oxygens (including phenoxy) is 1. The largest absolute Gasteiger partial charge is 0.375 e. The lowest BCUT2D eigenvalue weighted by Crippen LogP contribution is -2.47. The molecule has 2 heterocycles. The van der Waals surface area contributed by atoms with Crippen LogP contribution in [0, 0.1) is 5.92 Å². The number of rotatable bonds is 2. The molecule has 1 aliphatic heterocycles. The Kier molecular flexibility index (Phi) is 3.16. The molecule has 1 saturated carbocycles. The highest BCUT2D eigenvalue weighted by atomic mass is 16.5. The van der Waals surface area contributed by atoms with Crippen LogP contribution in [0.4, 0.5) is 0 Å². The lowest BCUT2D eigenvalue weighted by Gasteiger charge is -2.48. The van der Waals surface area contributed by atoms with Crippen LogP contribution in [0.2, 0.25) is 0 Å². The summed E-state index contributed by atoms with van der Waals surface area (Å²) in [4.78, 5) is 8.70. The van der Waals surface area contributed by atoms with E-state index in [4.69, 9.17) is 10.5 Å². The summed E-state index contributed by atoms with van der Waals surface area (Å²) >= 11 is 0. The first-order valence-electron chi connectivity index (χ1n) is 7.86. The lowest BCUT2D eigenvalue weighted by molar-refractivity contribution is -0.146. The van der Waals surface area contributed by atoms with Gasteiger partial charge in [0.1, 0.15) is 0 Å². The molecule has 0 bridgehead atoms. The van der Waals surface area contributed by atoms with Gasteiger partial charge in [-0.15, -0.1) is 0 Å². The highest BCUT2D eigenvalue weighted by Gasteiger charge is 2.43. The summed E-state index contributed by atoms with van der Waals surface area (Å²) in [6.07, 6.45) is 9.33. The molecular weight excluding hydrogens is 262 g/mol.